The first-order valence-corrected chi connectivity index (χ1v) is 6.96. The van der Waals surface area contributed by atoms with Crippen LogP contribution in [0, 0.1) is 17.2 Å². The maximum atomic E-state index is 12.0. The number of nitrogens with zero attached hydrogens (tertiary/aromatic N) is 2. The van der Waals surface area contributed by atoms with Crippen LogP contribution >= 0.6 is 0 Å². The van der Waals surface area contributed by atoms with E-state index in [1.54, 1.807) is 0 Å². The second-order valence-corrected chi connectivity index (χ2v) is 5.53. The average Bonchev–Trinajstić information content (AvgIpc) is 3.13. The lowest BCUT2D eigenvalue weighted by Gasteiger charge is -2.27. The Morgan fingerprint density at radius 1 is 1.44 bits per heavy atom. The molecule has 1 saturated carbocycles. The van der Waals surface area contributed by atoms with Crippen LogP contribution in [-0.4, -0.2) is 36.0 Å². The van der Waals surface area contributed by atoms with Crippen LogP contribution in [0.4, 0.5) is 0 Å². The number of rotatable bonds is 8. The summed E-state index contributed by atoms with van der Waals surface area (Å²) in [6.45, 7) is 7.70. The van der Waals surface area contributed by atoms with Gasteiger partial charge in [-0.1, -0.05) is 13.8 Å². The Labute approximate surface area is 110 Å². The highest BCUT2D eigenvalue weighted by atomic mass is 16.2. The van der Waals surface area contributed by atoms with Gasteiger partial charge in [-0.2, -0.15) is 5.26 Å². The average molecular weight is 251 g/mol. The largest absolute Gasteiger partial charge is 0.355 e. The van der Waals surface area contributed by atoms with Crippen molar-refractivity contribution in [1.29, 1.82) is 5.26 Å². The normalized spacial score (nSPS) is 16.7. The van der Waals surface area contributed by atoms with Gasteiger partial charge in [-0.25, -0.2) is 0 Å². The summed E-state index contributed by atoms with van der Waals surface area (Å²) in [5.74, 6) is 0.708. The van der Waals surface area contributed by atoms with E-state index >= 15 is 0 Å². The molecule has 1 fully saturated rings. The number of hydrogen-bond donors (Lipinski definition) is 1. The van der Waals surface area contributed by atoms with E-state index in [4.69, 9.17) is 5.26 Å². The van der Waals surface area contributed by atoms with Crippen molar-refractivity contribution in [3.8, 4) is 6.07 Å². The van der Waals surface area contributed by atoms with E-state index in [1.807, 2.05) is 6.92 Å². The SMILES string of the molecule is CC(C)CCNC(=O)C(C)N(CCC#N)C1CC1. The number of carbonyl (C=O) groups excluding carboxylic acids is 1. The molecule has 0 saturated heterocycles. The van der Waals surface area contributed by atoms with Crippen LogP contribution in [0.2, 0.25) is 0 Å². The molecule has 1 aliphatic rings. The van der Waals surface area contributed by atoms with E-state index < -0.39 is 0 Å². The number of hydrogen-bond acceptors (Lipinski definition) is 3. The van der Waals surface area contributed by atoms with Crippen molar-refractivity contribution in [3.05, 3.63) is 0 Å². The molecule has 1 atom stereocenters. The fourth-order valence-electron chi connectivity index (χ4n) is 2.06. The van der Waals surface area contributed by atoms with Crippen molar-refractivity contribution in [2.24, 2.45) is 5.92 Å². The fraction of sp³-hybridized carbons (Fsp3) is 0.857. The molecule has 0 aromatic heterocycles. The zero-order valence-corrected chi connectivity index (χ0v) is 11.8. The summed E-state index contributed by atoms with van der Waals surface area (Å²) in [4.78, 5) is 14.2. The highest BCUT2D eigenvalue weighted by molar-refractivity contribution is 5.81. The molecule has 0 bridgehead atoms. The molecule has 0 spiro atoms. The van der Waals surface area contributed by atoms with E-state index in [9.17, 15) is 4.79 Å². The van der Waals surface area contributed by atoms with Crippen LogP contribution in [0.1, 0.15) is 46.5 Å². The van der Waals surface area contributed by atoms with E-state index in [1.165, 1.54) is 0 Å². The van der Waals surface area contributed by atoms with Crippen molar-refractivity contribution in [2.75, 3.05) is 13.1 Å². The Bertz CT molecular complexity index is 305. The molecule has 1 aliphatic carbocycles. The first kappa shape index (κ1) is 15.0. The van der Waals surface area contributed by atoms with E-state index in [0.29, 0.717) is 24.9 Å². The van der Waals surface area contributed by atoms with Gasteiger partial charge in [0.1, 0.15) is 0 Å². The van der Waals surface area contributed by atoms with Crippen LogP contribution in [-0.2, 0) is 4.79 Å². The van der Waals surface area contributed by atoms with E-state index in [-0.39, 0.29) is 11.9 Å². The summed E-state index contributed by atoms with van der Waals surface area (Å²) in [7, 11) is 0. The summed E-state index contributed by atoms with van der Waals surface area (Å²) < 4.78 is 0. The highest BCUT2D eigenvalue weighted by Crippen LogP contribution is 2.28. The second-order valence-electron chi connectivity index (χ2n) is 5.53. The molecule has 1 rings (SSSR count). The Balaban J connectivity index is 2.36. The number of amides is 1. The molecular weight excluding hydrogens is 226 g/mol. The number of carbonyl (C=O) groups is 1. The molecule has 18 heavy (non-hydrogen) atoms. The lowest BCUT2D eigenvalue weighted by Crippen LogP contribution is -2.46. The topological polar surface area (TPSA) is 56.1 Å². The fourth-order valence-corrected chi connectivity index (χ4v) is 2.06. The summed E-state index contributed by atoms with van der Waals surface area (Å²) >= 11 is 0. The van der Waals surface area contributed by atoms with Crippen molar-refractivity contribution < 1.29 is 4.79 Å². The molecule has 102 valence electrons. The minimum Gasteiger partial charge on any atom is -0.355 e. The third-order valence-corrected chi connectivity index (χ3v) is 3.40. The standard InChI is InChI=1S/C14H25N3O/c1-11(2)7-9-16-14(18)12(3)17(10-4-8-15)13-5-6-13/h11-13H,4-7,9-10H2,1-3H3,(H,16,18). The lowest BCUT2D eigenvalue weighted by molar-refractivity contribution is -0.126. The van der Waals surface area contributed by atoms with Gasteiger partial charge >= 0.3 is 0 Å². The smallest absolute Gasteiger partial charge is 0.237 e. The molecule has 4 heteroatoms. The highest BCUT2D eigenvalue weighted by Gasteiger charge is 2.34. The monoisotopic (exact) mass is 251 g/mol. The van der Waals surface area contributed by atoms with Gasteiger partial charge in [0.15, 0.2) is 0 Å². The Hall–Kier alpha value is -1.08. The van der Waals surface area contributed by atoms with E-state index in [0.717, 1.165) is 25.8 Å². The van der Waals surface area contributed by atoms with Gasteiger partial charge in [-0.05, 0) is 32.1 Å². The van der Waals surface area contributed by atoms with Crippen LogP contribution in [0.3, 0.4) is 0 Å². The summed E-state index contributed by atoms with van der Waals surface area (Å²) in [5, 5.41) is 11.7. The molecule has 0 aromatic rings. The summed E-state index contributed by atoms with van der Waals surface area (Å²) in [6, 6.07) is 2.56. The Kier molecular flexibility index (Phi) is 6.14. The van der Waals surface area contributed by atoms with Gasteiger partial charge in [0.2, 0.25) is 5.91 Å². The predicted molar refractivity (Wildman–Crippen MR) is 71.9 cm³/mol. The minimum absolute atomic E-state index is 0.0977. The number of nitrogens with one attached hydrogen (secondary N) is 1. The Morgan fingerprint density at radius 3 is 2.61 bits per heavy atom. The summed E-state index contributed by atoms with van der Waals surface area (Å²) in [5.41, 5.74) is 0. The van der Waals surface area contributed by atoms with Crippen molar-refractivity contribution in [2.45, 2.75) is 58.5 Å². The van der Waals surface area contributed by atoms with Crippen LogP contribution in [0.25, 0.3) is 0 Å². The minimum atomic E-state index is -0.113. The molecule has 1 unspecified atom stereocenters. The summed E-state index contributed by atoms with van der Waals surface area (Å²) in [6.07, 6.45) is 3.84. The van der Waals surface area contributed by atoms with Crippen molar-refractivity contribution >= 4 is 5.91 Å². The first-order valence-electron chi connectivity index (χ1n) is 6.96. The molecule has 0 radical (unpaired) electrons. The Morgan fingerprint density at radius 2 is 2.11 bits per heavy atom. The van der Waals surface area contributed by atoms with Crippen LogP contribution in [0.15, 0.2) is 0 Å². The molecule has 0 aliphatic heterocycles. The quantitative estimate of drug-likeness (QED) is 0.717. The van der Waals surface area contributed by atoms with Gasteiger partial charge in [0.05, 0.1) is 12.1 Å². The van der Waals surface area contributed by atoms with Crippen molar-refractivity contribution in [1.82, 2.24) is 10.2 Å². The van der Waals surface area contributed by atoms with Gasteiger partial charge < -0.3 is 5.32 Å². The first-order chi connectivity index (χ1) is 8.56. The zero-order valence-electron chi connectivity index (χ0n) is 11.8. The van der Waals surface area contributed by atoms with Gasteiger partial charge in [0, 0.05) is 25.6 Å². The zero-order chi connectivity index (χ0) is 13.5. The maximum Gasteiger partial charge on any atom is 0.237 e. The van der Waals surface area contributed by atoms with Crippen LogP contribution in [0.5, 0.6) is 0 Å². The van der Waals surface area contributed by atoms with Crippen LogP contribution < -0.4 is 5.32 Å². The third kappa shape index (κ3) is 5.05. The second kappa shape index (κ2) is 7.38. The molecule has 0 heterocycles. The van der Waals surface area contributed by atoms with E-state index in [2.05, 4.69) is 30.1 Å². The van der Waals surface area contributed by atoms with Gasteiger partial charge in [-0.15, -0.1) is 0 Å². The third-order valence-electron chi connectivity index (χ3n) is 3.40. The van der Waals surface area contributed by atoms with Gasteiger partial charge in [-0.3, -0.25) is 9.69 Å². The molecule has 1 N–H and O–H groups in total. The van der Waals surface area contributed by atoms with Gasteiger partial charge in [0.25, 0.3) is 0 Å². The molecule has 1 amide bonds. The van der Waals surface area contributed by atoms with Crippen molar-refractivity contribution in [3.63, 3.8) is 0 Å². The molecule has 0 aromatic carbocycles. The maximum absolute atomic E-state index is 12.0. The number of nitriles is 1. The lowest BCUT2D eigenvalue weighted by atomic mass is 10.1. The molecular formula is C14H25N3O. The molecule has 4 nitrogen and oxygen atoms in total. The predicted octanol–water partition coefficient (Wildman–Crippen LogP) is 1.92.